The fourth-order valence-electron chi connectivity index (χ4n) is 2.13. The topological polar surface area (TPSA) is 67.8 Å². The van der Waals surface area contributed by atoms with Crippen molar-refractivity contribution in [1.82, 2.24) is 15.0 Å². The number of anilines is 1. The van der Waals surface area contributed by atoms with Gasteiger partial charge in [0.25, 0.3) is 0 Å². The van der Waals surface area contributed by atoms with E-state index < -0.39 is 0 Å². The lowest BCUT2D eigenvalue weighted by Crippen LogP contribution is -2.09. The van der Waals surface area contributed by atoms with Crippen molar-refractivity contribution >= 4 is 46.0 Å². The number of aromatic nitrogens is 3. The van der Waals surface area contributed by atoms with Crippen LogP contribution in [0.25, 0.3) is 22.2 Å². The molecule has 0 saturated carbocycles. The zero-order valence-electron chi connectivity index (χ0n) is 11.5. The van der Waals surface area contributed by atoms with Crippen LogP contribution in [0.1, 0.15) is 6.92 Å². The Morgan fingerprint density at radius 1 is 1.23 bits per heavy atom. The van der Waals surface area contributed by atoms with Crippen LogP contribution in [-0.2, 0) is 4.79 Å². The summed E-state index contributed by atoms with van der Waals surface area (Å²) >= 11 is 12.5. The molecule has 0 fully saturated rings. The van der Waals surface area contributed by atoms with E-state index in [1.807, 2.05) is 0 Å². The minimum atomic E-state index is -0.245. The second kappa shape index (κ2) is 5.87. The van der Waals surface area contributed by atoms with Crippen molar-refractivity contribution < 1.29 is 4.79 Å². The van der Waals surface area contributed by atoms with Gasteiger partial charge in [0.1, 0.15) is 12.1 Å². The Labute approximate surface area is 136 Å². The van der Waals surface area contributed by atoms with Gasteiger partial charge in [-0.1, -0.05) is 29.3 Å². The third-order valence-corrected chi connectivity index (χ3v) is 3.65. The number of nitrogens with zero attached hydrogens (tertiary/aromatic N) is 3. The number of fused-ring (bicyclic) bond motifs is 1. The average Bonchev–Trinajstić information content (AvgIpc) is 2.47. The molecular weight excluding hydrogens is 323 g/mol. The number of nitrogens with one attached hydrogen (secondary N) is 1. The second-order valence-electron chi connectivity index (χ2n) is 4.60. The second-order valence-corrected chi connectivity index (χ2v) is 5.41. The van der Waals surface area contributed by atoms with Crippen LogP contribution in [0.5, 0.6) is 0 Å². The number of carbonyl (C=O) groups excluding carboxylic acids is 1. The average molecular weight is 333 g/mol. The number of carbonyl (C=O) groups is 1. The Morgan fingerprint density at radius 3 is 2.64 bits per heavy atom. The Balaban J connectivity index is 2.32. The van der Waals surface area contributed by atoms with Crippen LogP contribution in [0.4, 0.5) is 5.82 Å². The van der Waals surface area contributed by atoms with Gasteiger partial charge in [-0.05, 0) is 18.2 Å². The minimum Gasteiger partial charge on any atom is -0.310 e. The fraction of sp³-hybridized carbons (Fsp3) is 0.0667. The van der Waals surface area contributed by atoms with Gasteiger partial charge in [-0.25, -0.2) is 15.0 Å². The summed E-state index contributed by atoms with van der Waals surface area (Å²) in [6, 6.07) is 7.02. The Hall–Kier alpha value is -2.24. The number of hydrogen-bond donors (Lipinski definition) is 1. The maximum Gasteiger partial charge on any atom is 0.222 e. The summed E-state index contributed by atoms with van der Waals surface area (Å²) in [7, 11) is 0. The Kier molecular flexibility index (Phi) is 3.92. The molecular formula is C15H10Cl2N4O. The lowest BCUT2D eigenvalue weighted by Gasteiger charge is -2.13. The van der Waals surface area contributed by atoms with Gasteiger partial charge in [0.15, 0.2) is 5.65 Å². The van der Waals surface area contributed by atoms with Crippen LogP contribution < -0.4 is 5.32 Å². The maximum atomic E-state index is 11.5. The van der Waals surface area contributed by atoms with Crippen LogP contribution in [0.2, 0.25) is 10.0 Å². The molecule has 0 aliphatic carbocycles. The highest BCUT2D eigenvalue weighted by Crippen LogP contribution is 2.39. The molecule has 7 heteroatoms. The zero-order chi connectivity index (χ0) is 15.7. The standard InChI is InChI=1S/C15H10Cl2N4O/c1-8(22)20-15-10(13-11(16)3-2-4-12(13)17)5-9-6-18-7-19-14(9)21-15/h2-7H,1H3,(H,18,19,20,21,22). The van der Waals surface area contributed by atoms with Crippen molar-refractivity contribution in [2.24, 2.45) is 0 Å². The molecule has 3 rings (SSSR count). The third kappa shape index (κ3) is 2.73. The molecule has 2 heterocycles. The van der Waals surface area contributed by atoms with Crippen molar-refractivity contribution in [3.63, 3.8) is 0 Å². The summed E-state index contributed by atoms with van der Waals surface area (Å²) in [6.45, 7) is 1.41. The van der Waals surface area contributed by atoms with E-state index in [1.165, 1.54) is 13.3 Å². The predicted octanol–water partition coefficient (Wildman–Crippen LogP) is 3.96. The summed E-state index contributed by atoms with van der Waals surface area (Å²) in [5.74, 6) is 0.110. The first-order valence-electron chi connectivity index (χ1n) is 6.39. The molecule has 0 aliphatic heterocycles. The highest BCUT2D eigenvalue weighted by atomic mass is 35.5. The molecule has 1 N–H and O–H groups in total. The van der Waals surface area contributed by atoms with Crippen LogP contribution in [0.3, 0.4) is 0 Å². The number of benzene rings is 1. The van der Waals surface area contributed by atoms with Gasteiger partial charge in [0.05, 0.1) is 10.0 Å². The van der Waals surface area contributed by atoms with Crippen molar-refractivity contribution in [3.05, 3.63) is 46.8 Å². The first-order chi connectivity index (χ1) is 10.6. The van der Waals surface area contributed by atoms with Crippen molar-refractivity contribution in [2.45, 2.75) is 6.92 Å². The molecule has 2 aromatic heterocycles. The lowest BCUT2D eigenvalue weighted by atomic mass is 10.0. The molecule has 0 spiro atoms. The predicted molar refractivity (Wildman–Crippen MR) is 87.1 cm³/mol. The molecule has 0 saturated heterocycles. The van der Waals surface area contributed by atoms with E-state index in [0.717, 1.165) is 5.39 Å². The summed E-state index contributed by atoms with van der Waals surface area (Å²) in [5.41, 5.74) is 1.70. The van der Waals surface area contributed by atoms with Crippen LogP contribution in [0, 0.1) is 0 Å². The first-order valence-corrected chi connectivity index (χ1v) is 7.14. The van der Waals surface area contributed by atoms with E-state index in [9.17, 15) is 4.79 Å². The van der Waals surface area contributed by atoms with E-state index in [-0.39, 0.29) is 5.91 Å². The molecule has 1 aromatic carbocycles. The maximum absolute atomic E-state index is 11.5. The quantitative estimate of drug-likeness (QED) is 0.771. The van der Waals surface area contributed by atoms with Crippen molar-refractivity contribution in [3.8, 4) is 11.1 Å². The van der Waals surface area contributed by atoms with Crippen LogP contribution in [-0.4, -0.2) is 20.9 Å². The number of amides is 1. The zero-order valence-corrected chi connectivity index (χ0v) is 13.0. The molecule has 22 heavy (non-hydrogen) atoms. The van der Waals surface area contributed by atoms with E-state index >= 15 is 0 Å². The lowest BCUT2D eigenvalue weighted by molar-refractivity contribution is -0.114. The van der Waals surface area contributed by atoms with Gasteiger partial charge in [-0.15, -0.1) is 0 Å². The largest absolute Gasteiger partial charge is 0.310 e. The van der Waals surface area contributed by atoms with Crippen molar-refractivity contribution in [2.75, 3.05) is 5.32 Å². The monoisotopic (exact) mass is 332 g/mol. The smallest absolute Gasteiger partial charge is 0.222 e. The van der Waals surface area contributed by atoms with Gasteiger partial charge in [0, 0.05) is 29.6 Å². The van der Waals surface area contributed by atoms with Gasteiger partial charge in [-0.2, -0.15) is 0 Å². The molecule has 3 aromatic rings. The van der Waals surface area contributed by atoms with Crippen molar-refractivity contribution in [1.29, 1.82) is 0 Å². The number of hydrogen-bond acceptors (Lipinski definition) is 4. The first kappa shape index (κ1) is 14.7. The number of pyridine rings is 1. The summed E-state index contributed by atoms with van der Waals surface area (Å²) in [5, 5.41) is 4.35. The molecule has 110 valence electrons. The minimum absolute atomic E-state index is 0.245. The van der Waals surface area contributed by atoms with Crippen LogP contribution in [0.15, 0.2) is 36.8 Å². The summed E-state index contributed by atoms with van der Waals surface area (Å²) in [4.78, 5) is 23.9. The Bertz CT molecular complexity index is 862. The molecule has 0 bridgehead atoms. The highest BCUT2D eigenvalue weighted by molar-refractivity contribution is 6.39. The Morgan fingerprint density at radius 2 is 1.95 bits per heavy atom. The van der Waals surface area contributed by atoms with E-state index in [4.69, 9.17) is 23.2 Å². The van der Waals surface area contributed by atoms with Crippen LogP contribution >= 0.6 is 23.2 Å². The highest BCUT2D eigenvalue weighted by Gasteiger charge is 2.16. The molecule has 5 nitrogen and oxygen atoms in total. The summed E-state index contributed by atoms with van der Waals surface area (Å²) < 4.78 is 0. The van der Waals surface area contributed by atoms with E-state index in [1.54, 1.807) is 30.5 Å². The third-order valence-electron chi connectivity index (χ3n) is 3.02. The number of halogens is 2. The molecule has 0 atom stereocenters. The molecule has 1 amide bonds. The molecule has 0 unspecified atom stereocenters. The van der Waals surface area contributed by atoms with Gasteiger partial charge in [-0.3, -0.25) is 4.79 Å². The SMILES string of the molecule is CC(=O)Nc1nc2ncncc2cc1-c1c(Cl)cccc1Cl. The molecule has 0 aliphatic rings. The van der Waals surface area contributed by atoms with E-state index in [2.05, 4.69) is 20.3 Å². The van der Waals surface area contributed by atoms with Gasteiger partial charge < -0.3 is 5.32 Å². The van der Waals surface area contributed by atoms with Gasteiger partial charge >= 0.3 is 0 Å². The van der Waals surface area contributed by atoms with Gasteiger partial charge in [0.2, 0.25) is 5.91 Å². The number of rotatable bonds is 2. The fourth-order valence-corrected chi connectivity index (χ4v) is 2.73. The van der Waals surface area contributed by atoms with E-state index in [0.29, 0.717) is 32.6 Å². The normalized spacial score (nSPS) is 10.7. The summed E-state index contributed by atoms with van der Waals surface area (Å²) in [6.07, 6.45) is 3.04. The molecule has 0 radical (unpaired) electrons.